The Balaban J connectivity index is 1.52. The fourth-order valence-corrected chi connectivity index (χ4v) is 8.82. The molecule has 1 spiro atoms. The molecule has 0 aliphatic heterocycles. The largest absolute Gasteiger partial charge is 0.481 e. The van der Waals surface area contributed by atoms with Gasteiger partial charge in [-0.3, -0.25) is 14.4 Å². The van der Waals surface area contributed by atoms with Crippen molar-refractivity contribution >= 4 is 17.7 Å². The van der Waals surface area contributed by atoms with Gasteiger partial charge in [-0.1, -0.05) is 6.92 Å². The van der Waals surface area contributed by atoms with E-state index in [9.17, 15) is 29.7 Å². The molecule has 4 rings (SSSR count). The van der Waals surface area contributed by atoms with E-state index in [1.807, 2.05) is 6.92 Å². The van der Waals surface area contributed by atoms with E-state index in [1.54, 1.807) is 0 Å². The second-order valence-corrected chi connectivity index (χ2v) is 12.7. The summed E-state index contributed by atoms with van der Waals surface area (Å²) in [6.45, 7) is 5.17. The standard InChI is InChI=1S/C26H40O8/c1-22(32,11-20(29)30)12-21(31)34-15-24(3)17-6-9-25-10-16(26(33,13-25)14-27)4-5-18(25)23(17,2)8-7-19(24)28/h16-18,27,32-33H,4-15H2,1-3H3,(H,29,30)/t16-,17+,18+,22+,23-,24-,25+,26+/m0/s1. The van der Waals surface area contributed by atoms with Crippen molar-refractivity contribution in [1.29, 1.82) is 0 Å². The van der Waals surface area contributed by atoms with Crippen molar-refractivity contribution in [3.63, 3.8) is 0 Å². The number of ether oxygens (including phenoxy) is 1. The van der Waals surface area contributed by atoms with Crippen molar-refractivity contribution in [2.75, 3.05) is 13.2 Å². The fourth-order valence-electron chi connectivity index (χ4n) is 8.82. The van der Waals surface area contributed by atoms with Gasteiger partial charge in [0, 0.05) is 6.42 Å². The molecule has 4 N–H and O–H groups in total. The first-order valence-electron chi connectivity index (χ1n) is 12.7. The maximum Gasteiger partial charge on any atom is 0.308 e. The van der Waals surface area contributed by atoms with Crippen molar-refractivity contribution in [3.8, 4) is 0 Å². The fraction of sp³-hybridized carbons (Fsp3) is 0.885. The van der Waals surface area contributed by atoms with Crippen molar-refractivity contribution in [3.05, 3.63) is 0 Å². The Bertz CT molecular complexity index is 869. The number of carboxylic acids is 1. The molecule has 0 radical (unpaired) electrons. The number of aliphatic hydroxyl groups excluding tert-OH is 1. The summed E-state index contributed by atoms with van der Waals surface area (Å²) in [6, 6.07) is 0. The Kier molecular flexibility index (Phi) is 6.22. The van der Waals surface area contributed by atoms with E-state index >= 15 is 0 Å². The third kappa shape index (κ3) is 3.99. The van der Waals surface area contributed by atoms with Gasteiger partial charge in [0.25, 0.3) is 0 Å². The minimum Gasteiger partial charge on any atom is -0.481 e. The van der Waals surface area contributed by atoms with Crippen LogP contribution in [0.2, 0.25) is 0 Å². The van der Waals surface area contributed by atoms with E-state index in [4.69, 9.17) is 9.84 Å². The Morgan fingerprint density at radius 3 is 2.47 bits per heavy atom. The molecule has 4 saturated carbocycles. The summed E-state index contributed by atoms with van der Waals surface area (Å²) in [4.78, 5) is 36.6. The van der Waals surface area contributed by atoms with Gasteiger partial charge in [0.05, 0.1) is 36.1 Å². The van der Waals surface area contributed by atoms with Crippen LogP contribution in [-0.2, 0) is 19.1 Å². The number of hydrogen-bond donors (Lipinski definition) is 4. The molecule has 8 heteroatoms. The number of aliphatic hydroxyl groups is 3. The highest BCUT2D eigenvalue weighted by Gasteiger charge is 2.68. The first-order valence-corrected chi connectivity index (χ1v) is 12.7. The molecule has 4 fully saturated rings. The maximum atomic E-state index is 13.2. The SMILES string of the molecule is C[C@@](O)(CC(=O)O)CC(=O)OC[C@]1(C)C(=O)CC[C@@]2(C)[C@H]1CC[C@]13C[C@H](CC[C@@H]12)[C@](O)(CO)C3. The molecule has 0 aromatic heterocycles. The van der Waals surface area contributed by atoms with Gasteiger partial charge in [0.2, 0.25) is 0 Å². The monoisotopic (exact) mass is 480 g/mol. The lowest BCUT2D eigenvalue weighted by Gasteiger charge is -2.63. The van der Waals surface area contributed by atoms with Gasteiger partial charge in [-0.15, -0.1) is 0 Å². The summed E-state index contributed by atoms with van der Waals surface area (Å²) in [5, 5.41) is 40.2. The third-order valence-electron chi connectivity index (χ3n) is 10.3. The summed E-state index contributed by atoms with van der Waals surface area (Å²) in [5.74, 6) is -1.32. The van der Waals surface area contributed by atoms with Crippen LogP contribution in [-0.4, -0.2) is 62.6 Å². The highest BCUT2D eigenvalue weighted by molar-refractivity contribution is 5.86. The predicted molar refractivity (Wildman–Crippen MR) is 122 cm³/mol. The summed E-state index contributed by atoms with van der Waals surface area (Å²) >= 11 is 0. The molecule has 0 heterocycles. The van der Waals surface area contributed by atoms with Gasteiger partial charge in [0.1, 0.15) is 12.4 Å². The molecule has 4 aliphatic carbocycles. The Hall–Kier alpha value is -1.51. The number of hydrogen-bond acceptors (Lipinski definition) is 7. The molecule has 192 valence electrons. The van der Waals surface area contributed by atoms with Crippen LogP contribution < -0.4 is 0 Å². The number of carbonyl (C=O) groups excluding carboxylic acids is 2. The lowest BCUT2D eigenvalue weighted by molar-refractivity contribution is -0.182. The molecular weight excluding hydrogens is 440 g/mol. The molecule has 0 aromatic rings. The summed E-state index contributed by atoms with van der Waals surface area (Å²) in [5.41, 5.74) is -3.70. The van der Waals surface area contributed by atoms with Crippen LogP contribution in [0.15, 0.2) is 0 Å². The molecule has 0 unspecified atom stereocenters. The Morgan fingerprint density at radius 1 is 1.12 bits per heavy atom. The average molecular weight is 481 g/mol. The van der Waals surface area contributed by atoms with Gasteiger partial charge < -0.3 is 25.2 Å². The second kappa shape index (κ2) is 8.27. The van der Waals surface area contributed by atoms with Crippen LogP contribution >= 0.6 is 0 Å². The van der Waals surface area contributed by atoms with Crippen LogP contribution in [0.3, 0.4) is 0 Å². The number of carboxylic acid groups (broad SMARTS) is 1. The van der Waals surface area contributed by atoms with E-state index in [0.29, 0.717) is 18.8 Å². The highest BCUT2D eigenvalue weighted by atomic mass is 16.5. The number of aliphatic carboxylic acids is 1. The summed E-state index contributed by atoms with van der Waals surface area (Å²) in [7, 11) is 0. The van der Waals surface area contributed by atoms with Gasteiger partial charge in [0.15, 0.2) is 0 Å². The molecule has 0 saturated heterocycles. The van der Waals surface area contributed by atoms with Crippen LogP contribution in [0.4, 0.5) is 0 Å². The van der Waals surface area contributed by atoms with E-state index < -0.39 is 41.4 Å². The lowest BCUT2D eigenvalue weighted by atomic mass is 9.41. The van der Waals surface area contributed by atoms with E-state index in [-0.39, 0.29) is 41.7 Å². The quantitative estimate of drug-likeness (QED) is 0.407. The van der Waals surface area contributed by atoms with Crippen LogP contribution in [0.5, 0.6) is 0 Å². The van der Waals surface area contributed by atoms with Crippen LogP contribution in [0.25, 0.3) is 0 Å². The van der Waals surface area contributed by atoms with Gasteiger partial charge in [-0.25, -0.2) is 0 Å². The Labute approximate surface area is 201 Å². The van der Waals surface area contributed by atoms with Crippen molar-refractivity contribution < 1.29 is 39.5 Å². The number of carbonyl (C=O) groups is 3. The zero-order chi connectivity index (χ0) is 25.2. The molecule has 2 bridgehead atoms. The molecule has 0 aromatic carbocycles. The second-order valence-electron chi connectivity index (χ2n) is 12.7. The molecule has 8 atom stereocenters. The lowest BCUT2D eigenvalue weighted by Crippen LogP contribution is -2.60. The smallest absolute Gasteiger partial charge is 0.308 e. The van der Waals surface area contributed by atoms with Crippen LogP contribution in [0.1, 0.15) is 85.0 Å². The third-order valence-corrected chi connectivity index (χ3v) is 10.3. The number of ketones is 1. The number of esters is 1. The molecule has 4 aliphatic rings. The zero-order valence-electron chi connectivity index (χ0n) is 20.6. The topological polar surface area (TPSA) is 141 Å². The predicted octanol–water partition coefficient (Wildman–Crippen LogP) is 2.46. The Morgan fingerprint density at radius 2 is 1.82 bits per heavy atom. The van der Waals surface area contributed by atoms with Gasteiger partial charge in [-0.05, 0) is 87.4 Å². The van der Waals surface area contributed by atoms with Crippen molar-refractivity contribution in [2.45, 2.75) is 96.2 Å². The number of Topliss-reactive ketones (excluding diaryl/α,β-unsaturated/α-hetero) is 1. The normalized spacial score (nSPS) is 45.1. The zero-order valence-corrected chi connectivity index (χ0v) is 20.6. The summed E-state index contributed by atoms with van der Waals surface area (Å²) in [6.07, 6.45) is 5.27. The molecular formula is C26H40O8. The molecule has 0 amide bonds. The maximum absolute atomic E-state index is 13.2. The number of fused-ring (bicyclic) bond motifs is 3. The van der Waals surface area contributed by atoms with Gasteiger partial charge in [-0.2, -0.15) is 0 Å². The van der Waals surface area contributed by atoms with Gasteiger partial charge >= 0.3 is 11.9 Å². The minimum atomic E-state index is -1.71. The average Bonchev–Trinajstić information content (AvgIpc) is 2.94. The van der Waals surface area contributed by atoms with E-state index in [0.717, 1.165) is 38.5 Å². The minimum absolute atomic E-state index is 0.0147. The summed E-state index contributed by atoms with van der Waals surface area (Å²) < 4.78 is 5.53. The van der Waals surface area contributed by atoms with E-state index in [2.05, 4.69) is 6.92 Å². The first-order chi connectivity index (χ1) is 15.7. The number of rotatable bonds is 7. The van der Waals surface area contributed by atoms with E-state index in [1.165, 1.54) is 6.92 Å². The molecule has 8 nitrogen and oxygen atoms in total. The van der Waals surface area contributed by atoms with Crippen molar-refractivity contribution in [2.24, 2.45) is 34.0 Å². The van der Waals surface area contributed by atoms with Crippen LogP contribution in [0, 0.1) is 34.0 Å². The molecule has 34 heavy (non-hydrogen) atoms. The van der Waals surface area contributed by atoms with Crippen molar-refractivity contribution in [1.82, 2.24) is 0 Å². The first kappa shape index (κ1) is 25.6. The highest BCUT2D eigenvalue weighted by Crippen LogP contribution is 2.72.